The minimum atomic E-state index is -0.104. The molecule has 0 aliphatic carbocycles. The highest BCUT2D eigenvalue weighted by molar-refractivity contribution is 5.91. The van der Waals surface area contributed by atoms with Gasteiger partial charge in [-0.2, -0.15) is 0 Å². The van der Waals surface area contributed by atoms with Gasteiger partial charge < -0.3 is 24.8 Å². The van der Waals surface area contributed by atoms with Crippen molar-refractivity contribution in [3.8, 4) is 17.2 Å². The molecule has 0 bridgehead atoms. The van der Waals surface area contributed by atoms with Crippen molar-refractivity contribution < 1.29 is 19.0 Å². The van der Waals surface area contributed by atoms with Crippen molar-refractivity contribution in [2.45, 2.75) is 13.0 Å². The molecule has 1 heterocycles. The summed E-state index contributed by atoms with van der Waals surface area (Å²) in [6, 6.07) is 7.26. The zero-order valence-corrected chi connectivity index (χ0v) is 14.7. The molecule has 7 heteroatoms. The standard InChI is InChI=1S/C18H23N3O4/c1-23-15-9-14(10-16(24-2)18(15)25-3)21-17(22)6-8-20-12-13-5-4-7-19-11-13/h4-5,7,9-11,20H,6,8,12H2,1-3H3,(H,21,22). The van der Waals surface area contributed by atoms with Gasteiger partial charge in [0.1, 0.15) is 0 Å². The number of hydrogen-bond donors (Lipinski definition) is 2. The Balaban J connectivity index is 1.87. The Bertz CT molecular complexity index is 667. The highest BCUT2D eigenvalue weighted by Gasteiger charge is 2.14. The molecule has 1 aromatic heterocycles. The number of methoxy groups -OCH3 is 3. The Morgan fingerprint density at radius 1 is 1.12 bits per heavy atom. The van der Waals surface area contributed by atoms with Crippen molar-refractivity contribution in [2.75, 3.05) is 33.2 Å². The van der Waals surface area contributed by atoms with Gasteiger partial charge in [-0.25, -0.2) is 0 Å². The average Bonchev–Trinajstić information content (AvgIpc) is 2.65. The zero-order valence-electron chi connectivity index (χ0n) is 14.7. The monoisotopic (exact) mass is 345 g/mol. The van der Waals surface area contributed by atoms with Gasteiger partial charge in [-0.3, -0.25) is 9.78 Å². The first-order chi connectivity index (χ1) is 12.2. The van der Waals surface area contributed by atoms with Gasteiger partial charge in [0.05, 0.1) is 21.3 Å². The van der Waals surface area contributed by atoms with Gasteiger partial charge in [0.2, 0.25) is 11.7 Å². The lowest BCUT2D eigenvalue weighted by molar-refractivity contribution is -0.116. The van der Waals surface area contributed by atoms with Crippen LogP contribution in [0.2, 0.25) is 0 Å². The number of hydrogen-bond acceptors (Lipinski definition) is 6. The number of carbonyl (C=O) groups is 1. The van der Waals surface area contributed by atoms with Crippen LogP contribution in [0.4, 0.5) is 5.69 Å². The van der Waals surface area contributed by atoms with E-state index in [0.29, 0.717) is 42.4 Å². The third-order valence-corrected chi connectivity index (χ3v) is 3.53. The summed E-state index contributed by atoms with van der Waals surface area (Å²) >= 11 is 0. The van der Waals surface area contributed by atoms with E-state index in [-0.39, 0.29) is 5.91 Å². The van der Waals surface area contributed by atoms with E-state index in [4.69, 9.17) is 14.2 Å². The molecule has 2 aromatic rings. The van der Waals surface area contributed by atoms with Crippen LogP contribution in [0.5, 0.6) is 17.2 Å². The molecule has 25 heavy (non-hydrogen) atoms. The van der Waals surface area contributed by atoms with Crippen LogP contribution >= 0.6 is 0 Å². The molecule has 0 aliphatic heterocycles. The molecule has 2 N–H and O–H groups in total. The van der Waals surface area contributed by atoms with Gasteiger partial charge in [0.25, 0.3) is 0 Å². The van der Waals surface area contributed by atoms with Gasteiger partial charge in [-0.05, 0) is 11.6 Å². The number of benzene rings is 1. The Kier molecular flexibility index (Phi) is 7.03. The van der Waals surface area contributed by atoms with Crippen molar-refractivity contribution in [3.05, 3.63) is 42.2 Å². The second-order valence-corrected chi connectivity index (χ2v) is 5.25. The SMILES string of the molecule is COc1cc(NC(=O)CCNCc2cccnc2)cc(OC)c1OC. The first-order valence-electron chi connectivity index (χ1n) is 7.87. The smallest absolute Gasteiger partial charge is 0.225 e. The largest absolute Gasteiger partial charge is 0.493 e. The molecule has 0 aliphatic rings. The fourth-order valence-electron chi connectivity index (χ4n) is 2.31. The molecular formula is C18H23N3O4. The maximum atomic E-state index is 12.1. The summed E-state index contributed by atoms with van der Waals surface area (Å²) in [7, 11) is 4.60. The fraction of sp³-hybridized carbons (Fsp3) is 0.333. The van der Waals surface area contributed by atoms with E-state index in [1.54, 1.807) is 24.5 Å². The number of aromatic nitrogens is 1. The molecule has 1 aromatic carbocycles. The van der Waals surface area contributed by atoms with E-state index in [1.165, 1.54) is 21.3 Å². The van der Waals surface area contributed by atoms with E-state index >= 15 is 0 Å². The van der Waals surface area contributed by atoms with Gasteiger partial charge in [0, 0.05) is 49.7 Å². The summed E-state index contributed by atoms with van der Waals surface area (Å²) in [5, 5.41) is 6.05. The molecule has 0 radical (unpaired) electrons. The van der Waals surface area contributed by atoms with Gasteiger partial charge in [-0.1, -0.05) is 6.07 Å². The van der Waals surface area contributed by atoms with Crippen LogP contribution in [-0.4, -0.2) is 38.8 Å². The van der Waals surface area contributed by atoms with Crippen molar-refractivity contribution in [2.24, 2.45) is 0 Å². The molecule has 2 rings (SSSR count). The minimum Gasteiger partial charge on any atom is -0.493 e. The number of anilines is 1. The molecule has 134 valence electrons. The van der Waals surface area contributed by atoms with Gasteiger partial charge in [0.15, 0.2) is 11.5 Å². The lowest BCUT2D eigenvalue weighted by atomic mass is 10.2. The van der Waals surface area contributed by atoms with Gasteiger partial charge in [-0.15, -0.1) is 0 Å². The highest BCUT2D eigenvalue weighted by Crippen LogP contribution is 2.39. The number of pyridine rings is 1. The van der Waals surface area contributed by atoms with E-state index in [1.807, 2.05) is 12.1 Å². The average molecular weight is 345 g/mol. The lowest BCUT2D eigenvalue weighted by Gasteiger charge is -2.14. The van der Waals surface area contributed by atoms with Crippen LogP contribution in [0, 0.1) is 0 Å². The van der Waals surface area contributed by atoms with Crippen LogP contribution in [0.3, 0.4) is 0 Å². The first-order valence-corrected chi connectivity index (χ1v) is 7.87. The number of nitrogens with zero attached hydrogens (tertiary/aromatic N) is 1. The quantitative estimate of drug-likeness (QED) is 0.678. The normalized spacial score (nSPS) is 10.2. The van der Waals surface area contributed by atoms with Crippen LogP contribution < -0.4 is 24.8 Å². The van der Waals surface area contributed by atoms with Crippen LogP contribution in [0.25, 0.3) is 0 Å². The predicted molar refractivity (Wildman–Crippen MR) is 95.3 cm³/mol. The molecular weight excluding hydrogens is 322 g/mol. The maximum absolute atomic E-state index is 12.1. The molecule has 0 spiro atoms. The lowest BCUT2D eigenvalue weighted by Crippen LogP contribution is -2.21. The Morgan fingerprint density at radius 3 is 2.40 bits per heavy atom. The van der Waals surface area contributed by atoms with Crippen LogP contribution in [0.1, 0.15) is 12.0 Å². The maximum Gasteiger partial charge on any atom is 0.225 e. The van der Waals surface area contributed by atoms with Crippen LogP contribution in [-0.2, 0) is 11.3 Å². The zero-order chi connectivity index (χ0) is 18.1. The molecule has 7 nitrogen and oxygen atoms in total. The third-order valence-electron chi connectivity index (χ3n) is 3.53. The third kappa shape index (κ3) is 5.36. The van der Waals surface area contributed by atoms with Crippen molar-refractivity contribution in [3.63, 3.8) is 0 Å². The van der Waals surface area contributed by atoms with Gasteiger partial charge >= 0.3 is 0 Å². The van der Waals surface area contributed by atoms with Crippen molar-refractivity contribution >= 4 is 11.6 Å². The molecule has 0 fully saturated rings. The molecule has 0 saturated heterocycles. The van der Waals surface area contributed by atoms with E-state index in [9.17, 15) is 4.79 Å². The van der Waals surface area contributed by atoms with Crippen molar-refractivity contribution in [1.29, 1.82) is 0 Å². The second kappa shape index (κ2) is 9.48. The van der Waals surface area contributed by atoms with Crippen LogP contribution in [0.15, 0.2) is 36.7 Å². The molecule has 0 saturated carbocycles. The molecule has 0 atom stereocenters. The molecule has 1 amide bonds. The number of carbonyl (C=O) groups excluding carboxylic acids is 1. The summed E-state index contributed by atoms with van der Waals surface area (Å²) in [4.78, 5) is 16.1. The number of rotatable bonds is 9. The summed E-state index contributed by atoms with van der Waals surface area (Å²) < 4.78 is 15.8. The van der Waals surface area contributed by atoms with Crippen molar-refractivity contribution in [1.82, 2.24) is 10.3 Å². The Labute approximate surface area is 147 Å². The number of amides is 1. The summed E-state index contributed by atoms with van der Waals surface area (Å²) in [5.41, 5.74) is 1.67. The van der Waals surface area contributed by atoms with E-state index in [2.05, 4.69) is 15.6 Å². The predicted octanol–water partition coefficient (Wildman–Crippen LogP) is 2.23. The number of ether oxygens (including phenoxy) is 3. The fourth-order valence-corrected chi connectivity index (χ4v) is 2.31. The van der Waals surface area contributed by atoms with E-state index in [0.717, 1.165) is 5.56 Å². The second-order valence-electron chi connectivity index (χ2n) is 5.25. The summed E-state index contributed by atoms with van der Waals surface area (Å²) in [6.45, 7) is 1.23. The summed E-state index contributed by atoms with van der Waals surface area (Å²) in [5.74, 6) is 1.37. The highest BCUT2D eigenvalue weighted by atomic mass is 16.5. The number of nitrogens with one attached hydrogen (secondary N) is 2. The first kappa shape index (κ1) is 18.5. The summed E-state index contributed by atoms with van der Waals surface area (Å²) in [6.07, 6.45) is 3.87. The molecule has 0 unspecified atom stereocenters. The minimum absolute atomic E-state index is 0.104. The Morgan fingerprint density at radius 2 is 1.84 bits per heavy atom. The van der Waals surface area contributed by atoms with E-state index < -0.39 is 0 Å². The Hall–Kier alpha value is -2.80. The topological polar surface area (TPSA) is 81.7 Å².